The smallest absolute Gasteiger partial charge is 0.305 e. The molecule has 3 heterocycles. The van der Waals surface area contributed by atoms with Gasteiger partial charge in [0.1, 0.15) is 10.4 Å². The molecule has 5 atom stereocenters. The lowest BCUT2D eigenvalue weighted by molar-refractivity contribution is -0.243. The quantitative estimate of drug-likeness (QED) is 0.339. The number of hydrogen-bond donors (Lipinski definition) is 1. The van der Waals surface area contributed by atoms with Crippen molar-refractivity contribution in [3.63, 3.8) is 0 Å². The molecule has 1 aromatic rings. The van der Waals surface area contributed by atoms with Crippen molar-refractivity contribution in [2.24, 2.45) is 0 Å². The van der Waals surface area contributed by atoms with Crippen molar-refractivity contribution in [2.75, 3.05) is 41.1 Å². The van der Waals surface area contributed by atoms with Gasteiger partial charge in [0.05, 0.1) is 32.8 Å². The van der Waals surface area contributed by atoms with Crippen LogP contribution in [0.25, 0.3) is 0 Å². The summed E-state index contributed by atoms with van der Waals surface area (Å²) in [5, 5.41) is 10.8. The minimum absolute atomic E-state index is 0.190. The van der Waals surface area contributed by atoms with E-state index in [9.17, 15) is 14.7 Å². The Hall–Kier alpha value is -1.98. The topological polar surface area (TPSA) is 104 Å². The molecule has 34 heavy (non-hydrogen) atoms. The molecule has 2 saturated heterocycles. The molecule has 2 fully saturated rings. The van der Waals surface area contributed by atoms with Gasteiger partial charge < -0.3 is 28.8 Å². The van der Waals surface area contributed by atoms with E-state index in [1.54, 1.807) is 14.2 Å². The number of alkyl halides is 1. The number of halogens is 1. The first-order chi connectivity index (χ1) is 16.2. The summed E-state index contributed by atoms with van der Waals surface area (Å²) in [4.78, 5) is 26.8. The largest absolute Gasteiger partial charge is 0.493 e. The molecule has 0 radical (unpaired) electrons. The molecular weight excluding hydrogens is 510 g/mol. The maximum absolute atomic E-state index is 13.4. The number of fused-ring (bicyclic) bond motifs is 2. The normalized spacial score (nSPS) is 36.2. The Morgan fingerprint density at radius 1 is 1.29 bits per heavy atom. The van der Waals surface area contributed by atoms with Crippen LogP contribution >= 0.6 is 15.9 Å². The number of methoxy groups -OCH3 is 3. The Labute approximate surface area is 206 Å². The number of benzene rings is 1. The summed E-state index contributed by atoms with van der Waals surface area (Å²) in [6.07, 6.45) is 2.03. The van der Waals surface area contributed by atoms with Gasteiger partial charge in [-0.3, -0.25) is 14.5 Å². The van der Waals surface area contributed by atoms with Crippen LogP contribution in [-0.2, 0) is 35.8 Å². The Balaban J connectivity index is 1.71. The molecule has 2 bridgehead atoms. The molecule has 0 amide bonds. The zero-order valence-electron chi connectivity index (χ0n) is 19.6. The highest BCUT2D eigenvalue weighted by Crippen LogP contribution is 2.59. The van der Waals surface area contributed by atoms with Gasteiger partial charge in [-0.05, 0) is 29.7 Å². The summed E-state index contributed by atoms with van der Waals surface area (Å²) in [5.41, 5.74) is 0.852. The lowest BCUT2D eigenvalue weighted by Gasteiger charge is -2.64. The van der Waals surface area contributed by atoms with Crippen LogP contribution < -0.4 is 9.47 Å². The van der Waals surface area contributed by atoms with Gasteiger partial charge in [0.2, 0.25) is 5.78 Å². The molecule has 3 aliphatic heterocycles. The van der Waals surface area contributed by atoms with Gasteiger partial charge in [-0.15, -0.1) is 0 Å². The number of nitrogens with zero attached hydrogens (tertiary/aromatic N) is 1. The zero-order valence-corrected chi connectivity index (χ0v) is 21.1. The Morgan fingerprint density at radius 2 is 2.06 bits per heavy atom. The van der Waals surface area contributed by atoms with Gasteiger partial charge in [-0.1, -0.05) is 22.0 Å². The maximum atomic E-state index is 13.4. The predicted molar refractivity (Wildman–Crippen MR) is 123 cm³/mol. The van der Waals surface area contributed by atoms with Gasteiger partial charge in [0.25, 0.3) is 5.79 Å². The molecule has 1 aliphatic carbocycles. The zero-order chi connectivity index (χ0) is 24.5. The van der Waals surface area contributed by atoms with E-state index < -0.39 is 33.4 Å². The van der Waals surface area contributed by atoms with Crippen LogP contribution in [0.4, 0.5) is 0 Å². The Morgan fingerprint density at radius 3 is 2.68 bits per heavy atom. The van der Waals surface area contributed by atoms with Crippen molar-refractivity contribution in [1.82, 2.24) is 4.90 Å². The number of carbonyl (C=O) groups is 2. The number of aliphatic hydroxyl groups is 1. The van der Waals surface area contributed by atoms with Crippen molar-refractivity contribution in [2.45, 2.75) is 47.6 Å². The van der Waals surface area contributed by atoms with Gasteiger partial charge in [-0.25, -0.2) is 0 Å². The molecule has 0 aromatic heterocycles. The number of rotatable bonds is 5. The summed E-state index contributed by atoms with van der Waals surface area (Å²) in [5.74, 6) is -1.68. The number of ketones is 1. The number of aliphatic hydroxyl groups excluding tert-OH is 1. The van der Waals surface area contributed by atoms with E-state index >= 15 is 0 Å². The summed E-state index contributed by atoms with van der Waals surface area (Å²) in [6.45, 7) is 2.44. The molecule has 1 N–H and O–H groups in total. The molecule has 9 nitrogen and oxygen atoms in total. The van der Waals surface area contributed by atoms with E-state index in [2.05, 4.69) is 20.8 Å². The first-order valence-corrected chi connectivity index (χ1v) is 12.0. The van der Waals surface area contributed by atoms with Crippen LogP contribution in [0.5, 0.6) is 11.5 Å². The van der Waals surface area contributed by atoms with Crippen molar-refractivity contribution in [3.05, 3.63) is 34.9 Å². The molecule has 1 aromatic carbocycles. The molecule has 184 valence electrons. The van der Waals surface area contributed by atoms with Gasteiger partial charge in [0.15, 0.2) is 11.5 Å². The highest BCUT2D eigenvalue weighted by atomic mass is 79.9. The fourth-order valence-electron chi connectivity index (χ4n) is 6.36. The van der Waals surface area contributed by atoms with Gasteiger partial charge >= 0.3 is 5.97 Å². The summed E-state index contributed by atoms with van der Waals surface area (Å²) in [7, 11) is 4.54. The highest BCUT2D eigenvalue weighted by Gasteiger charge is 2.70. The van der Waals surface area contributed by atoms with Gasteiger partial charge in [0, 0.05) is 38.7 Å². The average molecular weight is 538 g/mol. The third-order valence-electron chi connectivity index (χ3n) is 7.83. The second-order valence-corrected chi connectivity index (χ2v) is 10.2. The lowest BCUT2D eigenvalue weighted by atomic mass is 9.58. The monoisotopic (exact) mass is 537 g/mol. The maximum Gasteiger partial charge on any atom is 0.305 e. The number of esters is 1. The Bertz CT molecular complexity index is 1090. The van der Waals surface area contributed by atoms with Crippen molar-refractivity contribution >= 4 is 27.7 Å². The minimum atomic E-state index is -1.83. The van der Waals surface area contributed by atoms with E-state index in [4.69, 9.17) is 23.7 Å². The minimum Gasteiger partial charge on any atom is -0.493 e. The van der Waals surface area contributed by atoms with Crippen LogP contribution in [0.15, 0.2) is 23.8 Å². The van der Waals surface area contributed by atoms with E-state index in [0.29, 0.717) is 31.0 Å². The molecule has 4 aliphatic rings. The standard InChI is InChI=1S/C24H28BrNO8/c1-13(28)34-24(32-4)18(29)9-16-20-22(11-27)12-33-23(16,21(24)25)7-8-26(20)10-14-15(22)5-6-17(30-2)19(14)31-3/h5-6,9,20-21,27H,7-8,10-12H2,1-4H3/t20-,21+,22-,23+,24+/m0/s1. The number of hydrogen-bond acceptors (Lipinski definition) is 9. The lowest BCUT2D eigenvalue weighted by Crippen LogP contribution is -2.76. The van der Waals surface area contributed by atoms with E-state index in [0.717, 1.165) is 16.7 Å². The summed E-state index contributed by atoms with van der Waals surface area (Å²) < 4.78 is 28.8. The molecule has 5 rings (SSSR count). The third-order valence-corrected chi connectivity index (χ3v) is 9.17. The second-order valence-electron chi connectivity index (χ2n) is 9.23. The average Bonchev–Trinajstić information content (AvgIpc) is 2.83. The van der Waals surface area contributed by atoms with Crippen LogP contribution in [0.2, 0.25) is 0 Å². The molecule has 0 saturated carbocycles. The Kier molecular flexibility index (Phi) is 5.61. The fraction of sp³-hybridized carbons (Fsp3) is 0.583. The van der Waals surface area contributed by atoms with Crippen LogP contribution in [-0.4, -0.2) is 85.1 Å². The number of carbonyl (C=O) groups excluding carboxylic acids is 2. The van der Waals surface area contributed by atoms with Crippen molar-refractivity contribution in [1.29, 1.82) is 0 Å². The van der Waals surface area contributed by atoms with Crippen LogP contribution in [0, 0.1) is 0 Å². The van der Waals surface area contributed by atoms with E-state index in [-0.39, 0.29) is 19.3 Å². The third kappa shape index (κ3) is 2.80. The van der Waals surface area contributed by atoms with Crippen molar-refractivity contribution < 1.29 is 38.4 Å². The molecule has 0 unspecified atom stereocenters. The summed E-state index contributed by atoms with van der Waals surface area (Å²) >= 11 is 3.65. The van der Waals surface area contributed by atoms with Gasteiger partial charge in [-0.2, -0.15) is 0 Å². The SMILES string of the molecule is COc1ccc2c(c1OC)CN1CC[C@@]34OC[C@]2(CO)[C@@H]1C3=CC(=O)[C@@](OC)(OC(C)=O)[C@@H]4Br. The summed E-state index contributed by atoms with van der Waals surface area (Å²) in [6, 6.07) is 3.49. The number of ether oxygens (including phenoxy) is 5. The second kappa shape index (κ2) is 8.03. The number of piperidine rings is 1. The first kappa shape index (κ1) is 23.7. The van der Waals surface area contributed by atoms with E-state index in [1.165, 1.54) is 20.1 Å². The first-order valence-electron chi connectivity index (χ1n) is 11.1. The van der Waals surface area contributed by atoms with E-state index in [1.807, 2.05) is 12.1 Å². The van der Waals surface area contributed by atoms with Crippen LogP contribution in [0.1, 0.15) is 24.5 Å². The highest BCUT2D eigenvalue weighted by molar-refractivity contribution is 9.09. The fourth-order valence-corrected chi connectivity index (χ4v) is 7.49. The molecular formula is C24H28BrNO8. The van der Waals surface area contributed by atoms with Crippen molar-refractivity contribution in [3.8, 4) is 11.5 Å². The predicted octanol–water partition coefficient (Wildman–Crippen LogP) is 1.47. The van der Waals surface area contributed by atoms with Crippen LogP contribution in [0.3, 0.4) is 0 Å². The molecule has 0 spiro atoms. The molecule has 10 heteroatoms.